The average molecular weight is 336 g/mol. The maximum Gasteiger partial charge on any atom is 1.00 e. The van der Waals surface area contributed by atoms with Gasteiger partial charge in [0.25, 0.3) is 0 Å². The van der Waals surface area contributed by atoms with Gasteiger partial charge in [0.05, 0.1) is 0 Å². The van der Waals surface area contributed by atoms with Crippen LogP contribution in [0.15, 0.2) is 27.7 Å². The summed E-state index contributed by atoms with van der Waals surface area (Å²) < 4.78 is 0.763. The van der Waals surface area contributed by atoms with E-state index in [1.807, 2.05) is 13.8 Å². The van der Waals surface area contributed by atoms with Gasteiger partial charge in [-0.3, -0.25) is 4.99 Å². The number of hydrogen-bond donors (Lipinski definition) is 1. The van der Waals surface area contributed by atoms with Gasteiger partial charge in [-0.2, -0.15) is 0 Å². The summed E-state index contributed by atoms with van der Waals surface area (Å²) in [5.41, 5.74) is 0.388. The number of aliphatic carboxylic acids is 1. The van der Waals surface area contributed by atoms with Crippen LogP contribution in [0.4, 0.5) is 0 Å². The van der Waals surface area contributed by atoms with Crippen molar-refractivity contribution < 1.29 is 44.6 Å². The molecule has 0 heterocycles. The topological polar surface area (TPSA) is 72.7 Å². The average Bonchev–Trinajstić information content (AvgIpc) is 2.27. The largest absolute Gasteiger partial charge is 1.00 e. The van der Waals surface area contributed by atoms with E-state index in [4.69, 9.17) is 5.11 Å². The third-order valence-electron chi connectivity index (χ3n) is 2.35. The van der Waals surface area contributed by atoms with Crippen molar-refractivity contribution in [3.05, 3.63) is 28.2 Å². The molecule has 0 aliphatic heterocycles. The van der Waals surface area contributed by atoms with Crippen molar-refractivity contribution >= 4 is 28.1 Å². The number of benzene rings is 1. The van der Waals surface area contributed by atoms with E-state index in [1.165, 1.54) is 12.3 Å². The molecule has 4 nitrogen and oxygen atoms in total. The number of carboxylic acids is 1. The maximum atomic E-state index is 11.5. The van der Waals surface area contributed by atoms with Crippen LogP contribution in [0.2, 0.25) is 0 Å². The predicted octanol–water partition coefficient (Wildman–Crippen LogP) is -0.555. The van der Waals surface area contributed by atoms with Gasteiger partial charge in [-0.25, -0.2) is 4.79 Å². The first-order valence-electron chi connectivity index (χ1n) is 5.62. The molecule has 0 amide bonds. The molecule has 0 saturated carbocycles. The van der Waals surface area contributed by atoms with Crippen LogP contribution in [-0.4, -0.2) is 23.3 Å². The minimum Gasteiger partial charge on any atom is -0.872 e. The molecule has 1 aromatic carbocycles. The Kier molecular flexibility index (Phi) is 8.57. The van der Waals surface area contributed by atoms with Gasteiger partial charge in [-0.15, -0.1) is 0 Å². The summed E-state index contributed by atoms with van der Waals surface area (Å²) in [6.07, 6.45) is 1.79. The number of carboxylic acid groups (broad SMARTS) is 1. The SMILES string of the molecule is CC(C)CC(N=Cc1cc(Br)ccc1[O-])C(=O)O.[Na+]. The summed E-state index contributed by atoms with van der Waals surface area (Å²) in [7, 11) is 0. The van der Waals surface area contributed by atoms with Crippen molar-refractivity contribution in [3.63, 3.8) is 0 Å². The van der Waals surface area contributed by atoms with E-state index in [9.17, 15) is 9.90 Å². The Hall–Kier alpha value is -0.360. The summed E-state index contributed by atoms with van der Waals surface area (Å²) in [6.45, 7) is 3.87. The second kappa shape index (κ2) is 8.74. The van der Waals surface area contributed by atoms with Gasteiger partial charge in [0.2, 0.25) is 0 Å². The minimum absolute atomic E-state index is 0. The second-order valence-corrected chi connectivity index (χ2v) is 5.36. The first-order valence-corrected chi connectivity index (χ1v) is 6.42. The molecule has 19 heavy (non-hydrogen) atoms. The molecule has 1 aromatic rings. The van der Waals surface area contributed by atoms with Gasteiger partial charge >= 0.3 is 35.5 Å². The van der Waals surface area contributed by atoms with E-state index in [1.54, 1.807) is 12.1 Å². The molecule has 0 spiro atoms. The van der Waals surface area contributed by atoms with Crippen molar-refractivity contribution in [1.82, 2.24) is 0 Å². The zero-order valence-corrected chi connectivity index (χ0v) is 14.8. The molecule has 0 aromatic heterocycles. The van der Waals surface area contributed by atoms with Crippen LogP contribution in [0.25, 0.3) is 0 Å². The molecule has 0 saturated heterocycles. The van der Waals surface area contributed by atoms with Crippen molar-refractivity contribution in [2.24, 2.45) is 10.9 Å². The van der Waals surface area contributed by atoms with E-state index in [2.05, 4.69) is 20.9 Å². The molecule has 1 atom stereocenters. The fourth-order valence-electron chi connectivity index (χ4n) is 1.46. The predicted molar refractivity (Wildman–Crippen MR) is 72.1 cm³/mol. The standard InChI is InChI=1S/C13H16BrNO3.Na/c1-8(2)5-11(13(17)18)15-7-9-6-10(14)3-4-12(9)16;/h3-4,6-8,11,16H,5H2,1-2H3,(H,17,18);/q;+1/p-1. The number of carbonyl (C=O) groups is 1. The molecule has 0 aliphatic rings. The Balaban J connectivity index is 0.00000324. The number of nitrogens with zero attached hydrogens (tertiary/aromatic N) is 1. The number of halogens is 1. The summed E-state index contributed by atoms with van der Waals surface area (Å²) in [5, 5.41) is 20.5. The van der Waals surface area contributed by atoms with E-state index < -0.39 is 12.0 Å². The summed E-state index contributed by atoms with van der Waals surface area (Å²) in [4.78, 5) is 15.0. The third-order valence-corrected chi connectivity index (χ3v) is 2.84. The van der Waals surface area contributed by atoms with Crippen LogP contribution in [0.3, 0.4) is 0 Å². The monoisotopic (exact) mass is 335 g/mol. The van der Waals surface area contributed by atoms with Crippen LogP contribution < -0.4 is 34.7 Å². The molecule has 98 valence electrons. The zero-order valence-electron chi connectivity index (χ0n) is 11.3. The Morgan fingerprint density at radius 2 is 2.16 bits per heavy atom. The van der Waals surface area contributed by atoms with Crippen molar-refractivity contribution in [3.8, 4) is 5.75 Å². The van der Waals surface area contributed by atoms with Gasteiger partial charge in [0.1, 0.15) is 6.04 Å². The van der Waals surface area contributed by atoms with Crippen molar-refractivity contribution in [1.29, 1.82) is 0 Å². The Morgan fingerprint density at radius 3 is 2.68 bits per heavy atom. The van der Waals surface area contributed by atoms with E-state index in [0.29, 0.717) is 12.0 Å². The van der Waals surface area contributed by atoms with Crippen LogP contribution in [0.5, 0.6) is 5.75 Å². The number of aliphatic imine (C=N–C) groups is 1. The summed E-state index contributed by atoms with van der Waals surface area (Å²) in [6, 6.07) is 3.88. The minimum atomic E-state index is -0.970. The molecule has 1 rings (SSSR count). The molecule has 0 bridgehead atoms. The van der Waals surface area contributed by atoms with Gasteiger partial charge in [-0.05, 0) is 30.0 Å². The number of rotatable bonds is 5. The molecule has 1 unspecified atom stereocenters. The molecule has 1 N–H and O–H groups in total. The first-order chi connectivity index (χ1) is 8.40. The molecule has 0 aliphatic carbocycles. The van der Waals surface area contributed by atoms with Crippen LogP contribution >= 0.6 is 15.9 Å². The van der Waals surface area contributed by atoms with Gasteiger partial charge in [-0.1, -0.05) is 41.6 Å². The van der Waals surface area contributed by atoms with Crippen LogP contribution in [0, 0.1) is 5.92 Å². The fourth-order valence-corrected chi connectivity index (χ4v) is 1.84. The quantitative estimate of drug-likeness (QED) is 0.579. The zero-order chi connectivity index (χ0) is 13.7. The molecule has 0 fully saturated rings. The normalized spacial score (nSPS) is 12.4. The van der Waals surface area contributed by atoms with E-state index in [-0.39, 0.29) is 41.2 Å². The summed E-state index contributed by atoms with van der Waals surface area (Å²) >= 11 is 3.26. The van der Waals surface area contributed by atoms with Crippen LogP contribution in [-0.2, 0) is 4.79 Å². The molecular weight excluding hydrogens is 321 g/mol. The Bertz CT molecular complexity index is 463. The third kappa shape index (κ3) is 6.56. The van der Waals surface area contributed by atoms with Crippen LogP contribution in [0.1, 0.15) is 25.8 Å². The van der Waals surface area contributed by atoms with Crippen molar-refractivity contribution in [2.45, 2.75) is 26.3 Å². The maximum absolute atomic E-state index is 11.5. The Labute approximate surface area is 143 Å². The second-order valence-electron chi connectivity index (χ2n) is 4.44. The smallest absolute Gasteiger partial charge is 0.872 e. The Morgan fingerprint density at radius 1 is 1.53 bits per heavy atom. The first kappa shape index (κ1) is 18.6. The van der Waals surface area contributed by atoms with E-state index in [0.717, 1.165) is 4.47 Å². The van der Waals surface area contributed by atoms with E-state index >= 15 is 0 Å². The number of hydrogen-bond acceptors (Lipinski definition) is 3. The van der Waals surface area contributed by atoms with Gasteiger partial charge in [0, 0.05) is 10.7 Å². The van der Waals surface area contributed by atoms with Gasteiger partial charge < -0.3 is 10.2 Å². The molecular formula is C13H15BrNNaO3. The fraction of sp³-hybridized carbons (Fsp3) is 0.385. The van der Waals surface area contributed by atoms with Crippen molar-refractivity contribution in [2.75, 3.05) is 0 Å². The molecule has 0 radical (unpaired) electrons. The molecule has 6 heteroatoms. The summed E-state index contributed by atoms with van der Waals surface area (Å²) in [5.74, 6) is -0.907. The van der Waals surface area contributed by atoms with Gasteiger partial charge in [0.15, 0.2) is 0 Å².